The Hall–Kier alpha value is 1.18. The quantitative estimate of drug-likeness (QED) is 0.646. The second kappa shape index (κ2) is 15.6. The van der Waals surface area contributed by atoms with Crippen LogP contribution in [0.1, 0.15) is 53.4 Å². The van der Waals surface area contributed by atoms with E-state index in [9.17, 15) is 10.2 Å². The Balaban J connectivity index is -0.000000143. The maximum Gasteiger partial charge on any atom is 2.00 e. The molecule has 0 heterocycles. The molecule has 0 unspecified atom stereocenters. The van der Waals surface area contributed by atoms with Gasteiger partial charge in [-0.25, -0.2) is 0 Å². The van der Waals surface area contributed by atoms with Crippen molar-refractivity contribution >= 4 is 37.7 Å². The van der Waals surface area contributed by atoms with Crippen LogP contribution < -0.4 is 10.2 Å². The van der Waals surface area contributed by atoms with Crippen LogP contribution in [0, 0.1) is 0 Å². The molecule has 0 aromatic carbocycles. The number of rotatable bonds is 4. The van der Waals surface area contributed by atoms with Crippen LogP contribution in [-0.4, -0.2) is 49.9 Å². The van der Waals surface area contributed by atoms with E-state index in [1.54, 1.807) is 0 Å². The first-order chi connectivity index (χ1) is 5.62. The molecule has 0 aromatic heterocycles. The fourth-order valence-corrected chi connectivity index (χ4v) is 0.577. The minimum atomic E-state index is -0.315. The molecule has 0 saturated heterocycles. The summed E-state index contributed by atoms with van der Waals surface area (Å²) in [4.78, 5) is 0. The molecule has 0 rings (SSSR count). The molecule has 0 aliphatic rings. The molecule has 0 saturated carbocycles. The fourth-order valence-electron chi connectivity index (χ4n) is 0.577. The van der Waals surface area contributed by atoms with Crippen LogP contribution in [-0.2, 0) is 0 Å². The van der Waals surface area contributed by atoms with Crippen molar-refractivity contribution in [3.63, 3.8) is 0 Å². The van der Waals surface area contributed by atoms with E-state index in [1.165, 1.54) is 0 Å². The third-order valence-electron chi connectivity index (χ3n) is 1.82. The first kappa shape index (κ1) is 19.7. The normalized spacial score (nSPS) is 9.23. The monoisotopic (exact) mass is 214 g/mol. The van der Waals surface area contributed by atoms with Gasteiger partial charge in [0.05, 0.1) is 0 Å². The van der Waals surface area contributed by atoms with E-state index >= 15 is 0 Å². The van der Waals surface area contributed by atoms with Crippen LogP contribution in [0.4, 0.5) is 0 Å². The van der Waals surface area contributed by atoms with E-state index in [1.807, 2.05) is 27.7 Å². The molecule has 0 aliphatic heterocycles. The van der Waals surface area contributed by atoms with E-state index in [4.69, 9.17) is 0 Å². The molecule has 0 fully saturated rings. The van der Waals surface area contributed by atoms with Gasteiger partial charge >= 0.3 is 37.7 Å². The van der Waals surface area contributed by atoms with Gasteiger partial charge in [-0.3, -0.25) is 0 Å². The van der Waals surface area contributed by atoms with Crippen LogP contribution in [0.2, 0.25) is 0 Å². The molecule has 13 heavy (non-hydrogen) atoms. The zero-order chi connectivity index (χ0) is 9.98. The molecule has 76 valence electrons. The van der Waals surface area contributed by atoms with Crippen molar-refractivity contribution in [2.75, 3.05) is 0 Å². The van der Waals surface area contributed by atoms with Gasteiger partial charge in [0.2, 0.25) is 0 Å². The maximum absolute atomic E-state index is 10.3. The molecule has 0 aliphatic carbocycles. The van der Waals surface area contributed by atoms with Crippen molar-refractivity contribution in [3.05, 3.63) is 0 Å². The first-order valence-corrected chi connectivity index (χ1v) is 4.93. The molecule has 0 N–H and O–H groups in total. The molecular formula is C10H22CaO2. The molecule has 0 atom stereocenters. The SMILES string of the molecule is CCC([O-])CC.CCC([O-])CC.[Ca+2]. The van der Waals surface area contributed by atoms with Crippen LogP contribution in [0.15, 0.2) is 0 Å². The average molecular weight is 214 g/mol. The molecule has 0 spiro atoms. The Morgan fingerprint density at radius 1 is 0.692 bits per heavy atom. The van der Waals surface area contributed by atoms with Crippen molar-refractivity contribution in [3.8, 4) is 0 Å². The van der Waals surface area contributed by atoms with Gasteiger partial charge in [-0.05, 0) is 0 Å². The van der Waals surface area contributed by atoms with Gasteiger partial charge < -0.3 is 10.2 Å². The molecule has 0 aromatic rings. The van der Waals surface area contributed by atoms with E-state index in [0.29, 0.717) is 0 Å². The van der Waals surface area contributed by atoms with Crippen molar-refractivity contribution in [1.29, 1.82) is 0 Å². The summed E-state index contributed by atoms with van der Waals surface area (Å²) < 4.78 is 0. The predicted octanol–water partition coefficient (Wildman–Crippen LogP) is 0.690. The maximum atomic E-state index is 10.3. The summed E-state index contributed by atoms with van der Waals surface area (Å²) >= 11 is 0. The summed E-state index contributed by atoms with van der Waals surface area (Å²) in [6.07, 6.45) is 2.47. The molecule has 0 amide bonds. The van der Waals surface area contributed by atoms with Crippen LogP contribution in [0.25, 0.3) is 0 Å². The van der Waals surface area contributed by atoms with E-state index in [0.717, 1.165) is 25.7 Å². The van der Waals surface area contributed by atoms with E-state index in [2.05, 4.69) is 0 Å². The van der Waals surface area contributed by atoms with E-state index < -0.39 is 0 Å². The van der Waals surface area contributed by atoms with Crippen molar-refractivity contribution in [1.82, 2.24) is 0 Å². The predicted molar refractivity (Wildman–Crippen MR) is 54.5 cm³/mol. The second-order valence-corrected chi connectivity index (χ2v) is 2.88. The van der Waals surface area contributed by atoms with Crippen molar-refractivity contribution in [2.45, 2.75) is 65.6 Å². The summed E-state index contributed by atoms with van der Waals surface area (Å²) in [5.74, 6) is 0. The van der Waals surface area contributed by atoms with Gasteiger partial charge in [-0.2, -0.15) is 0 Å². The van der Waals surface area contributed by atoms with Crippen molar-refractivity contribution < 1.29 is 10.2 Å². The van der Waals surface area contributed by atoms with Crippen LogP contribution >= 0.6 is 0 Å². The van der Waals surface area contributed by atoms with Gasteiger partial charge in [0.1, 0.15) is 0 Å². The zero-order valence-electron chi connectivity index (χ0n) is 9.51. The van der Waals surface area contributed by atoms with Crippen LogP contribution in [0.5, 0.6) is 0 Å². The topological polar surface area (TPSA) is 46.1 Å². The minimum Gasteiger partial charge on any atom is -0.852 e. The largest absolute Gasteiger partial charge is 2.00 e. The van der Waals surface area contributed by atoms with Crippen LogP contribution in [0.3, 0.4) is 0 Å². The van der Waals surface area contributed by atoms with Gasteiger partial charge in [0.15, 0.2) is 0 Å². The van der Waals surface area contributed by atoms with Gasteiger partial charge in [0.25, 0.3) is 0 Å². The Kier molecular flexibility index (Phi) is 23.7. The van der Waals surface area contributed by atoms with Crippen molar-refractivity contribution in [2.24, 2.45) is 0 Å². The molecular weight excluding hydrogens is 192 g/mol. The van der Waals surface area contributed by atoms with E-state index in [-0.39, 0.29) is 49.9 Å². The Morgan fingerprint density at radius 2 is 0.846 bits per heavy atom. The third kappa shape index (κ3) is 19.5. The summed E-state index contributed by atoms with van der Waals surface area (Å²) in [5, 5.41) is 20.5. The summed E-state index contributed by atoms with van der Waals surface area (Å²) in [5.41, 5.74) is 0. The molecule has 0 bridgehead atoms. The number of hydrogen-bond acceptors (Lipinski definition) is 2. The third-order valence-corrected chi connectivity index (χ3v) is 1.82. The zero-order valence-corrected chi connectivity index (χ0v) is 11.7. The number of hydrogen-bond donors (Lipinski definition) is 0. The first-order valence-electron chi connectivity index (χ1n) is 4.93. The van der Waals surface area contributed by atoms with Gasteiger partial charge in [-0.15, -0.1) is 12.2 Å². The average Bonchev–Trinajstić information content (AvgIpc) is 2.16. The smallest absolute Gasteiger partial charge is 0.852 e. The summed E-state index contributed by atoms with van der Waals surface area (Å²) in [7, 11) is 0. The Morgan fingerprint density at radius 3 is 0.846 bits per heavy atom. The Labute approximate surface area is 113 Å². The minimum absolute atomic E-state index is 0. The van der Waals surface area contributed by atoms with Gasteiger partial charge in [0, 0.05) is 0 Å². The molecule has 2 nitrogen and oxygen atoms in total. The summed E-state index contributed by atoms with van der Waals surface area (Å²) in [6, 6.07) is 0. The molecule has 3 heteroatoms. The fraction of sp³-hybridized carbons (Fsp3) is 1.00. The second-order valence-electron chi connectivity index (χ2n) is 2.88. The molecule has 0 radical (unpaired) electrons. The standard InChI is InChI=1S/2C5H11O.Ca/c2*1-3-5(6)4-2;/h2*5H,3-4H2,1-2H3;/q2*-1;+2. The Bertz CT molecular complexity index is 61.3. The van der Waals surface area contributed by atoms with Gasteiger partial charge in [-0.1, -0.05) is 53.4 Å². The summed E-state index contributed by atoms with van der Waals surface area (Å²) in [6.45, 7) is 7.67.